The zero-order chi connectivity index (χ0) is 21.7. The van der Waals surface area contributed by atoms with Crippen molar-refractivity contribution in [1.82, 2.24) is 10.2 Å². The van der Waals surface area contributed by atoms with Crippen LogP contribution in [0.4, 0.5) is 0 Å². The first kappa shape index (κ1) is 24.8. The van der Waals surface area contributed by atoms with Crippen LogP contribution in [-0.2, 0) is 9.53 Å². The molecule has 29 heavy (non-hydrogen) atoms. The molecule has 5 unspecified atom stereocenters. The number of carbonyl (C=O) groups is 1. The molecule has 0 aliphatic carbocycles. The van der Waals surface area contributed by atoms with Crippen molar-refractivity contribution < 1.29 is 30.0 Å². The second-order valence-electron chi connectivity index (χ2n) is 8.16. The fraction of sp³-hybridized carbons (Fsp3) is 0.950. The van der Waals surface area contributed by atoms with E-state index in [0.29, 0.717) is 11.7 Å². The van der Waals surface area contributed by atoms with Crippen LogP contribution in [0.1, 0.15) is 47.0 Å². The minimum atomic E-state index is -1.42. The van der Waals surface area contributed by atoms with Crippen molar-refractivity contribution in [3.8, 4) is 0 Å². The van der Waals surface area contributed by atoms with E-state index in [1.165, 1.54) is 18.7 Å². The van der Waals surface area contributed by atoms with Crippen LogP contribution < -0.4 is 5.32 Å². The number of amides is 1. The lowest BCUT2D eigenvalue weighted by atomic mass is 9.92. The number of hydrogen-bond acceptors (Lipinski definition) is 8. The van der Waals surface area contributed by atoms with Crippen molar-refractivity contribution in [1.29, 1.82) is 0 Å². The highest BCUT2D eigenvalue weighted by Crippen LogP contribution is 2.31. The molecule has 0 aromatic rings. The van der Waals surface area contributed by atoms with E-state index in [2.05, 4.69) is 17.1 Å². The molecule has 2 rings (SSSR count). The Morgan fingerprint density at radius 2 is 1.90 bits per heavy atom. The summed E-state index contributed by atoms with van der Waals surface area (Å²) in [5, 5.41) is 44.1. The van der Waals surface area contributed by atoms with Crippen molar-refractivity contribution in [3.63, 3.8) is 0 Å². The van der Waals surface area contributed by atoms with E-state index in [9.17, 15) is 25.2 Å². The number of nitrogens with zero attached hydrogens (tertiary/aromatic N) is 1. The highest BCUT2D eigenvalue weighted by atomic mass is 32.2. The lowest BCUT2D eigenvalue weighted by Gasteiger charge is -2.44. The third-order valence-corrected chi connectivity index (χ3v) is 7.07. The summed E-state index contributed by atoms with van der Waals surface area (Å²) in [5.74, 6) is 0.918. The molecule has 9 atom stereocenters. The largest absolute Gasteiger partial charge is 0.391 e. The highest BCUT2D eigenvalue weighted by Gasteiger charge is 2.48. The summed E-state index contributed by atoms with van der Waals surface area (Å²) in [6.45, 7) is 9.23. The van der Waals surface area contributed by atoms with E-state index in [1.807, 2.05) is 13.8 Å². The second-order valence-corrected chi connectivity index (χ2v) is 9.54. The fourth-order valence-corrected chi connectivity index (χ4v) is 5.34. The summed E-state index contributed by atoms with van der Waals surface area (Å²) in [6, 6.07) is -1.18. The van der Waals surface area contributed by atoms with Gasteiger partial charge in [0.1, 0.15) is 29.9 Å². The van der Waals surface area contributed by atoms with Gasteiger partial charge in [-0.05, 0) is 38.0 Å². The number of likely N-dealkylation sites (tertiary alicyclic amines) is 1. The van der Waals surface area contributed by atoms with Gasteiger partial charge in [0.05, 0.1) is 18.2 Å². The molecule has 2 heterocycles. The lowest BCUT2D eigenvalue weighted by Crippen LogP contribution is -2.65. The van der Waals surface area contributed by atoms with Crippen LogP contribution in [0.25, 0.3) is 0 Å². The van der Waals surface area contributed by atoms with Crippen LogP contribution in [-0.4, -0.2) is 98.1 Å². The number of aliphatic hydroxyl groups is 4. The smallest absolute Gasteiger partial charge is 0.237 e. The first-order chi connectivity index (χ1) is 13.7. The number of carbonyl (C=O) groups excluding carboxylic acids is 1. The predicted molar refractivity (Wildman–Crippen MR) is 112 cm³/mol. The Hall–Kier alpha value is -0.420. The molecule has 2 aliphatic heterocycles. The number of nitrogens with one attached hydrogen (secondary N) is 1. The van der Waals surface area contributed by atoms with E-state index in [-0.39, 0.29) is 11.9 Å². The van der Waals surface area contributed by atoms with Gasteiger partial charge in [-0.2, -0.15) is 0 Å². The summed E-state index contributed by atoms with van der Waals surface area (Å²) in [7, 11) is 0. The Labute approximate surface area is 178 Å². The van der Waals surface area contributed by atoms with Gasteiger partial charge in [-0.1, -0.05) is 27.2 Å². The van der Waals surface area contributed by atoms with E-state index in [4.69, 9.17) is 4.74 Å². The standard InChI is InChI=1S/C20H38N2O6S/c1-5-8-12-9-13(22(6-2)10-12)19(27)21-14(11(4)23)18-16(25)15(24)17(26)20(28-18)29-7-3/h11-18,20,23-26H,5-10H2,1-4H3,(H,21,27)/t11-,12-,13+,14-,15?,16?,17?,18?,20?/m1/s1. The zero-order valence-electron chi connectivity index (χ0n) is 17.9. The Morgan fingerprint density at radius 3 is 2.45 bits per heavy atom. The molecule has 0 saturated carbocycles. The molecule has 170 valence electrons. The topological polar surface area (TPSA) is 122 Å². The maximum absolute atomic E-state index is 13.1. The van der Waals surface area contributed by atoms with Crippen molar-refractivity contribution >= 4 is 17.7 Å². The van der Waals surface area contributed by atoms with Crippen LogP contribution in [0.2, 0.25) is 0 Å². The van der Waals surface area contributed by atoms with Crippen LogP contribution in [0.15, 0.2) is 0 Å². The molecule has 0 aromatic carbocycles. The molecule has 0 bridgehead atoms. The average Bonchev–Trinajstić information content (AvgIpc) is 3.10. The number of hydrogen-bond donors (Lipinski definition) is 5. The number of thioether (sulfide) groups is 1. The quantitative estimate of drug-likeness (QED) is 0.342. The monoisotopic (exact) mass is 434 g/mol. The van der Waals surface area contributed by atoms with E-state index in [1.54, 1.807) is 0 Å². The van der Waals surface area contributed by atoms with Crippen LogP contribution >= 0.6 is 11.8 Å². The first-order valence-corrected chi connectivity index (χ1v) is 11.8. The number of ether oxygens (including phenoxy) is 1. The maximum atomic E-state index is 13.1. The fourth-order valence-electron chi connectivity index (χ4n) is 4.45. The Kier molecular flexibility index (Phi) is 9.66. The third kappa shape index (κ3) is 5.84. The number of aliphatic hydroxyl groups excluding tert-OH is 4. The van der Waals surface area contributed by atoms with Gasteiger partial charge >= 0.3 is 0 Å². The van der Waals surface area contributed by atoms with Gasteiger partial charge in [0.25, 0.3) is 0 Å². The molecule has 9 heteroatoms. The van der Waals surface area contributed by atoms with Crippen LogP contribution in [0.3, 0.4) is 0 Å². The van der Waals surface area contributed by atoms with Crippen molar-refractivity contribution in [2.24, 2.45) is 5.92 Å². The first-order valence-electron chi connectivity index (χ1n) is 10.8. The minimum absolute atomic E-state index is 0.201. The van der Waals surface area contributed by atoms with Crippen LogP contribution in [0, 0.1) is 5.92 Å². The number of rotatable bonds is 9. The lowest BCUT2D eigenvalue weighted by molar-refractivity contribution is -0.211. The molecule has 2 aliphatic rings. The average molecular weight is 435 g/mol. The van der Waals surface area contributed by atoms with Gasteiger partial charge in [0.15, 0.2) is 0 Å². The van der Waals surface area contributed by atoms with E-state index >= 15 is 0 Å². The Morgan fingerprint density at radius 1 is 1.21 bits per heavy atom. The van der Waals surface area contributed by atoms with E-state index in [0.717, 1.165) is 32.4 Å². The molecule has 0 radical (unpaired) electrons. The zero-order valence-corrected chi connectivity index (χ0v) is 18.7. The van der Waals surface area contributed by atoms with Gasteiger partial charge in [-0.15, -0.1) is 11.8 Å². The maximum Gasteiger partial charge on any atom is 0.237 e. The molecule has 0 aromatic heterocycles. The normalized spacial score (nSPS) is 38.0. The van der Waals surface area contributed by atoms with Gasteiger partial charge in [0, 0.05) is 6.54 Å². The van der Waals surface area contributed by atoms with Gasteiger partial charge in [0.2, 0.25) is 5.91 Å². The summed E-state index contributed by atoms with van der Waals surface area (Å²) in [5.41, 5.74) is -0.742. The highest BCUT2D eigenvalue weighted by molar-refractivity contribution is 7.99. The molecule has 0 spiro atoms. The predicted octanol–water partition coefficient (Wildman–Crippen LogP) is -0.0768. The summed E-state index contributed by atoms with van der Waals surface area (Å²) in [6.07, 6.45) is -3.18. The second kappa shape index (κ2) is 11.3. The van der Waals surface area contributed by atoms with Crippen molar-refractivity contribution in [2.75, 3.05) is 18.8 Å². The molecule has 2 saturated heterocycles. The van der Waals surface area contributed by atoms with Gasteiger partial charge in [-0.3, -0.25) is 9.69 Å². The SMILES string of the molecule is CCC[C@@H]1C[C@@H](C(=O)N[C@@H](C2OC(SCC)C(O)C(O)C2O)[C@@H](C)O)N(CC)C1. The number of likely N-dealkylation sites (N-methyl/N-ethyl adjacent to an activating group) is 1. The molecule has 2 fully saturated rings. The van der Waals surface area contributed by atoms with E-state index < -0.39 is 42.0 Å². The van der Waals surface area contributed by atoms with Crippen LogP contribution in [0.5, 0.6) is 0 Å². The third-order valence-electron chi connectivity index (χ3n) is 6.02. The summed E-state index contributed by atoms with van der Waals surface area (Å²) >= 11 is 1.31. The molecular weight excluding hydrogens is 396 g/mol. The molecular formula is C20H38N2O6S. The molecule has 1 amide bonds. The van der Waals surface area contributed by atoms with Gasteiger partial charge in [-0.25, -0.2) is 0 Å². The van der Waals surface area contributed by atoms with Crippen molar-refractivity contribution in [3.05, 3.63) is 0 Å². The van der Waals surface area contributed by atoms with Crippen molar-refractivity contribution in [2.45, 2.75) is 95.0 Å². The van der Waals surface area contributed by atoms with Gasteiger partial charge < -0.3 is 30.5 Å². The molecule has 8 nitrogen and oxygen atoms in total. The summed E-state index contributed by atoms with van der Waals surface area (Å²) in [4.78, 5) is 15.2. The Bertz CT molecular complexity index is 525. The Balaban J connectivity index is 2.13. The molecule has 5 N–H and O–H groups in total. The minimum Gasteiger partial charge on any atom is -0.391 e. The summed E-state index contributed by atoms with van der Waals surface area (Å²) < 4.78 is 5.84.